The van der Waals surface area contributed by atoms with E-state index in [0.717, 1.165) is 0 Å². The van der Waals surface area contributed by atoms with Crippen molar-refractivity contribution in [2.75, 3.05) is 33.8 Å². The predicted molar refractivity (Wildman–Crippen MR) is 128 cm³/mol. The molecular weight excluding hydrogens is 638 g/mol. The van der Waals surface area contributed by atoms with E-state index in [4.69, 9.17) is 29.5 Å². The molecule has 0 spiro atoms. The maximum Gasteiger partial charge on any atom is 0.478 e. The fourth-order valence-electron chi connectivity index (χ4n) is 3.04. The highest BCUT2D eigenvalue weighted by atomic mass is 31.3. The molecule has 23 heteroatoms. The van der Waals surface area contributed by atoms with E-state index >= 15 is 0 Å². The van der Waals surface area contributed by atoms with E-state index in [-0.39, 0.29) is 25.2 Å². The lowest BCUT2D eigenvalue weighted by Gasteiger charge is -2.28. The molecule has 2 rings (SSSR count). The topological polar surface area (TPSA) is 260 Å². The van der Waals surface area contributed by atoms with Gasteiger partial charge >= 0.3 is 15.4 Å². The maximum absolute atomic E-state index is 13.8. The molecule has 2 aliphatic heterocycles. The van der Waals surface area contributed by atoms with Gasteiger partial charge in [0.05, 0.1) is 37.6 Å². The van der Waals surface area contributed by atoms with E-state index in [1.165, 1.54) is 35.0 Å². The number of phosphoric acid groups is 3. The summed E-state index contributed by atoms with van der Waals surface area (Å²) < 4.78 is 99.9. The van der Waals surface area contributed by atoms with Gasteiger partial charge in [-0.25, -0.2) is 22.0 Å². The molecule has 242 valence electrons. The Balaban J connectivity index is 0.000000692. The molecule has 0 saturated carbocycles. The molecule has 0 aromatic carbocycles. The number of ether oxygens (including phenoxy) is 2. The summed E-state index contributed by atoms with van der Waals surface area (Å²) in [5.74, 6) is 0. The normalized spacial score (nSPS) is 34.9. The fraction of sp³-hybridized carbons (Fsp3) is 1.00. The lowest BCUT2D eigenvalue weighted by Crippen LogP contribution is -2.26. The number of halogens is 2. The standard InChI is InChI=1S/C7H16FO11P3.C7H13FO2.C3H9O4P/c1-5-7(2,8)3-6(17-5)4-16-21(12,13)19-22(14,15)18-20(9,10)11;1-5-7(2,8)3-6(4-9)10-5;1-6-8(5,3-4)7-2/h5-6H,3-4H2,1-2H3,(H,12,13)(H,14,15)(H2,9,10,11);5-6,9H,3-4H2,1-2H3;4H,3H2,1-2H3/p-2/t2*5-,6-,7+;/m00./s1. The van der Waals surface area contributed by atoms with Gasteiger partial charge in [0.15, 0.2) is 0 Å². The number of aliphatic hydroxyl groups excluding tert-OH is 2. The quantitative estimate of drug-likeness (QED) is 0.225. The van der Waals surface area contributed by atoms with Crippen molar-refractivity contribution in [3.63, 3.8) is 0 Å². The largest absolute Gasteiger partial charge is 0.756 e. The van der Waals surface area contributed by atoms with Gasteiger partial charge in [-0.3, -0.25) is 18.2 Å². The summed E-state index contributed by atoms with van der Waals surface area (Å²) in [6.07, 6.45) is -2.87. The Hall–Kier alpha value is 0.260. The first kappa shape index (κ1) is 40.3. The number of aliphatic hydroxyl groups is 2. The third kappa shape index (κ3) is 15.1. The van der Waals surface area contributed by atoms with Gasteiger partial charge in [-0.1, -0.05) is 0 Å². The van der Waals surface area contributed by atoms with Crippen LogP contribution in [-0.4, -0.2) is 89.5 Å². The van der Waals surface area contributed by atoms with Crippen LogP contribution in [0.5, 0.6) is 0 Å². The van der Waals surface area contributed by atoms with Gasteiger partial charge in [-0.2, -0.15) is 0 Å². The SMILES string of the molecule is COP(=O)(CO)OC.C[C@@H]1O[C@H](CO)C[C@@]1(C)F.C[C@@H]1O[C@H](COP(=O)(O)OP(=O)([O-])OP(=O)([O-])O)C[C@@]1(C)F. The van der Waals surface area contributed by atoms with Crippen LogP contribution in [0.4, 0.5) is 8.78 Å². The van der Waals surface area contributed by atoms with Crippen molar-refractivity contribution in [3.8, 4) is 0 Å². The molecular formula is C17H36F2O17P4-2. The van der Waals surface area contributed by atoms with Crippen molar-refractivity contribution >= 4 is 31.1 Å². The molecule has 9 atom stereocenters. The van der Waals surface area contributed by atoms with Crippen LogP contribution in [-0.2, 0) is 49.9 Å². The molecule has 0 amide bonds. The van der Waals surface area contributed by atoms with Crippen LogP contribution in [0.3, 0.4) is 0 Å². The van der Waals surface area contributed by atoms with Gasteiger partial charge in [0.2, 0.25) is 0 Å². The second-order valence-electron chi connectivity index (χ2n) is 8.91. The highest BCUT2D eigenvalue weighted by Crippen LogP contribution is 2.63. The summed E-state index contributed by atoms with van der Waals surface area (Å²) in [4.78, 5) is 38.5. The van der Waals surface area contributed by atoms with Crippen molar-refractivity contribution in [3.05, 3.63) is 0 Å². The Bertz CT molecular complexity index is 957. The number of alkyl halides is 2. The monoisotopic (exact) mass is 674 g/mol. The minimum atomic E-state index is -5.86. The molecule has 2 aliphatic rings. The minimum absolute atomic E-state index is 0.0795. The van der Waals surface area contributed by atoms with Crippen molar-refractivity contribution < 1.29 is 88.5 Å². The van der Waals surface area contributed by atoms with Gasteiger partial charge in [0, 0.05) is 27.1 Å². The van der Waals surface area contributed by atoms with Crippen molar-refractivity contribution in [2.45, 2.75) is 76.3 Å². The molecule has 0 aromatic rings. The van der Waals surface area contributed by atoms with Gasteiger partial charge in [-0.15, -0.1) is 0 Å². The van der Waals surface area contributed by atoms with Crippen LogP contribution in [0.2, 0.25) is 0 Å². The van der Waals surface area contributed by atoms with E-state index < -0.39 is 67.6 Å². The van der Waals surface area contributed by atoms with Crippen molar-refractivity contribution in [1.82, 2.24) is 0 Å². The third-order valence-corrected chi connectivity index (χ3v) is 10.7. The van der Waals surface area contributed by atoms with E-state index in [2.05, 4.69) is 22.2 Å². The Labute approximate surface area is 230 Å². The molecule has 0 aromatic heterocycles. The first-order valence-corrected chi connectivity index (χ1v) is 17.4. The summed E-state index contributed by atoms with van der Waals surface area (Å²) in [6, 6.07) is 0. The van der Waals surface area contributed by atoms with E-state index in [9.17, 15) is 36.8 Å². The van der Waals surface area contributed by atoms with Gasteiger partial charge < -0.3 is 48.3 Å². The number of phosphoric ester groups is 1. The molecule has 17 nitrogen and oxygen atoms in total. The highest BCUT2D eigenvalue weighted by molar-refractivity contribution is 7.65. The summed E-state index contributed by atoms with van der Waals surface area (Å²) in [7, 11) is -17.6. The van der Waals surface area contributed by atoms with Gasteiger partial charge in [-0.05, 0) is 27.7 Å². The molecule has 40 heavy (non-hydrogen) atoms. The Morgan fingerprint density at radius 1 is 0.875 bits per heavy atom. The Morgan fingerprint density at radius 3 is 1.55 bits per heavy atom. The Morgan fingerprint density at radius 2 is 1.30 bits per heavy atom. The van der Waals surface area contributed by atoms with Crippen LogP contribution < -0.4 is 9.79 Å². The smallest absolute Gasteiger partial charge is 0.478 e. The van der Waals surface area contributed by atoms with Crippen LogP contribution in [0.15, 0.2) is 0 Å². The average Bonchev–Trinajstić information content (AvgIpc) is 3.22. The summed E-state index contributed by atoms with van der Waals surface area (Å²) in [6.45, 7) is 5.11. The number of hydrogen-bond acceptors (Lipinski definition) is 15. The predicted octanol–water partition coefficient (Wildman–Crippen LogP) is 1.28. The molecule has 0 aliphatic carbocycles. The first-order chi connectivity index (χ1) is 17.9. The average molecular weight is 674 g/mol. The Kier molecular flexibility index (Phi) is 15.9. The molecule has 0 bridgehead atoms. The third-order valence-electron chi connectivity index (χ3n) is 5.51. The zero-order valence-corrected chi connectivity index (χ0v) is 26.1. The first-order valence-electron chi connectivity index (χ1n) is 11.2. The molecule has 2 heterocycles. The number of rotatable bonds is 11. The van der Waals surface area contributed by atoms with Crippen LogP contribution >= 0.6 is 31.1 Å². The summed E-state index contributed by atoms with van der Waals surface area (Å²) in [5, 5.41) is 16.9. The lowest BCUT2D eigenvalue weighted by atomic mass is 10.00. The molecule has 2 saturated heterocycles. The maximum atomic E-state index is 13.8. The van der Waals surface area contributed by atoms with E-state index in [1.807, 2.05) is 0 Å². The van der Waals surface area contributed by atoms with Crippen molar-refractivity contribution in [1.29, 1.82) is 0 Å². The highest BCUT2D eigenvalue weighted by Gasteiger charge is 2.44. The summed E-state index contributed by atoms with van der Waals surface area (Å²) in [5.41, 5.74) is -2.95. The fourth-order valence-corrected chi connectivity index (χ4v) is 6.38. The minimum Gasteiger partial charge on any atom is -0.756 e. The van der Waals surface area contributed by atoms with Crippen LogP contribution in [0, 0.1) is 0 Å². The van der Waals surface area contributed by atoms with E-state index in [1.54, 1.807) is 6.92 Å². The number of hydrogen-bond donors (Lipinski definition) is 4. The second kappa shape index (κ2) is 15.8. The van der Waals surface area contributed by atoms with Crippen molar-refractivity contribution in [2.24, 2.45) is 0 Å². The second-order valence-corrected chi connectivity index (χ2v) is 15.5. The van der Waals surface area contributed by atoms with Crippen LogP contribution in [0.1, 0.15) is 40.5 Å². The molecule has 4 N–H and O–H groups in total. The van der Waals surface area contributed by atoms with Gasteiger partial charge in [0.1, 0.15) is 17.7 Å². The lowest BCUT2D eigenvalue weighted by molar-refractivity contribution is -0.236. The summed E-state index contributed by atoms with van der Waals surface area (Å²) >= 11 is 0. The molecule has 3 unspecified atom stereocenters. The molecule has 2 fully saturated rings. The van der Waals surface area contributed by atoms with Crippen LogP contribution in [0.25, 0.3) is 0 Å². The molecule has 0 radical (unpaired) electrons. The van der Waals surface area contributed by atoms with Gasteiger partial charge in [0.25, 0.3) is 15.6 Å². The van der Waals surface area contributed by atoms with E-state index in [0.29, 0.717) is 6.42 Å². The zero-order valence-electron chi connectivity index (χ0n) is 22.5. The zero-order chi connectivity index (χ0) is 31.8.